The van der Waals surface area contributed by atoms with Crippen molar-refractivity contribution in [1.82, 2.24) is 0 Å². The molecule has 0 fully saturated rings. The number of hydrogen-bond acceptors (Lipinski definition) is 3. The van der Waals surface area contributed by atoms with Crippen molar-refractivity contribution in [3.8, 4) is 5.75 Å². The van der Waals surface area contributed by atoms with Crippen LogP contribution in [0.4, 0.5) is 0 Å². The second-order valence-electron chi connectivity index (χ2n) is 2.74. The number of para-hydroxylation sites is 1. The topological polar surface area (TPSA) is 49.4 Å². The van der Waals surface area contributed by atoms with Gasteiger partial charge in [-0.3, -0.25) is 0 Å². The third-order valence-corrected chi connectivity index (χ3v) is 1.91. The van der Waals surface area contributed by atoms with Crippen molar-refractivity contribution in [2.24, 2.45) is 0 Å². The fourth-order valence-corrected chi connectivity index (χ4v) is 1.31. The normalized spacial score (nSPS) is 19.8. The lowest BCUT2D eigenvalue weighted by atomic mass is 10.1. The molecule has 12 heavy (non-hydrogen) atoms. The Morgan fingerprint density at radius 3 is 2.92 bits per heavy atom. The van der Waals surface area contributed by atoms with Crippen LogP contribution in [0.1, 0.15) is 5.56 Å². The van der Waals surface area contributed by atoms with Gasteiger partial charge in [-0.1, -0.05) is 18.2 Å². The van der Waals surface area contributed by atoms with Crippen molar-refractivity contribution in [2.45, 2.75) is 12.5 Å². The molecule has 3 nitrogen and oxygen atoms in total. The predicted molar refractivity (Wildman–Crippen MR) is 39.6 cm³/mol. The van der Waals surface area contributed by atoms with Crippen molar-refractivity contribution < 1.29 is 14.6 Å². The summed E-state index contributed by atoms with van der Waals surface area (Å²) >= 11 is 0. The van der Waals surface area contributed by atoms with Crippen LogP contribution in [-0.2, 0) is 11.2 Å². The van der Waals surface area contributed by atoms with E-state index >= 15 is 0 Å². The van der Waals surface area contributed by atoms with Gasteiger partial charge in [-0.15, -0.1) is 0 Å². The van der Waals surface area contributed by atoms with E-state index in [1.807, 2.05) is 18.2 Å². The minimum Gasteiger partial charge on any atom is -0.546 e. The number of aliphatic carboxylic acids is 1. The van der Waals surface area contributed by atoms with Crippen LogP contribution < -0.4 is 9.84 Å². The van der Waals surface area contributed by atoms with Crippen molar-refractivity contribution >= 4 is 5.97 Å². The van der Waals surface area contributed by atoms with Crippen molar-refractivity contribution in [3.63, 3.8) is 0 Å². The molecule has 62 valence electrons. The Hall–Kier alpha value is -1.51. The quantitative estimate of drug-likeness (QED) is 0.573. The lowest BCUT2D eigenvalue weighted by Gasteiger charge is -2.10. The van der Waals surface area contributed by atoms with Gasteiger partial charge in [0.05, 0.1) is 5.97 Å². The van der Waals surface area contributed by atoms with Crippen LogP contribution in [0.25, 0.3) is 0 Å². The highest BCUT2D eigenvalue weighted by Crippen LogP contribution is 2.27. The van der Waals surface area contributed by atoms with E-state index < -0.39 is 12.1 Å². The number of hydrogen-bond donors (Lipinski definition) is 0. The minimum atomic E-state index is -1.15. The molecule has 0 bridgehead atoms. The molecule has 0 saturated heterocycles. The summed E-state index contributed by atoms with van der Waals surface area (Å²) < 4.78 is 5.11. The summed E-state index contributed by atoms with van der Waals surface area (Å²) in [5.41, 5.74) is 0.937. The number of carbonyl (C=O) groups excluding carboxylic acids is 1. The molecule has 3 heteroatoms. The SMILES string of the molecule is O=C([O-])C1Cc2ccccc2O1. The molecule has 1 unspecified atom stereocenters. The van der Waals surface area contributed by atoms with Crippen LogP contribution in [0, 0.1) is 0 Å². The first-order valence-corrected chi connectivity index (χ1v) is 3.73. The Morgan fingerprint density at radius 1 is 1.50 bits per heavy atom. The maximum absolute atomic E-state index is 10.4. The van der Waals surface area contributed by atoms with Gasteiger partial charge < -0.3 is 14.6 Å². The van der Waals surface area contributed by atoms with E-state index in [4.69, 9.17) is 4.74 Å². The van der Waals surface area contributed by atoms with Crippen molar-refractivity contribution in [1.29, 1.82) is 0 Å². The van der Waals surface area contributed by atoms with Gasteiger partial charge in [0, 0.05) is 6.42 Å². The molecule has 1 atom stereocenters. The van der Waals surface area contributed by atoms with E-state index in [0.29, 0.717) is 12.2 Å². The maximum atomic E-state index is 10.4. The van der Waals surface area contributed by atoms with Gasteiger partial charge in [0.2, 0.25) is 0 Å². The van der Waals surface area contributed by atoms with E-state index in [1.54, 1.807) is 6.07 Å². The molecule has 0 N–H and O–H groups in total. The molecule has 0 aromatic heterocycles. The molecule has 1 heterocycles. The monoisotopic (exact) mass is 163 g/mol. The number of carbonyl (C=O) groups is 1. The molecule has 0 radical (unpaired) electrons. The molecule has 1 aromatic rings. The maximum Gasteiger partial charge on any atom is 0.142 e. The Balaban J connectivity index is 2.27. The van der Waals surface area contributed by atoms with Crippen LogP contribution in [-0.4, -0.2) is 12.1 Å². The average molecular weight is 163 g/mol. The zero-order valence-corrected chi connectivity index (χ0v) is 6.32. The summed E-state index contributed by atoms with van der Waals surface area (Å²) in [5, 5.41) is 10.4. The van der Waals surface area contributed by atoms with Gasteiger partial charge in [0.25, 0.3) is 0 Å². The zero-order valence-electron chi connectivity index (χ0n) is 6.32. The first kappa shape index (κ1) is 7.16. The number of ether oxygens (including phenoxy) is 1. The summed E-state index contributed by atoms with van der Waals surface area (Å²) in [6.45, 7) is 0. The van der Waals surface area contributed by atoms with Crippen LogP contribution in [0.3, 0.4) is 0 Å². The van der Waals surface area contributed by atoms with Crippen LogP contribution >= 0.6 is 0 Å². The van der Waals surface area contributed by atoms with Crippen molar-refractivity contribution in [3.05, 3.63) is 29.8 Å². The van der Waals surface area contributed by atoms with Crippen molar-refractivity contribution in [2.75, 3.05) is 0 Å². The highest BCUT2D eigenvalue weighted by atomic mass is 16.5. The molecule has 0 aliphatic carbocycles. The first-order valence-electron chi connectivity index (χ1n) is 3.73. The molecular weight excluding hydrogens is 156 g/mol. The Bertz CT molecular complexity index is 294. The number of carboxylic acids is 1. The molecule has 0 spiro atoms. The fraction of sp³-hybridized carbons (Fsp3) is 0.222. The average Bonchev–Trinajstić information content (AvgIpc) is 2.46. The van der Waals surface area contributed by atoms with Gasteiger partial charge in [0.15, 0.2) is 0 Å². The highest BCUT2D eigenvalue weighted by molar-refractivity contribution is 5.72. The number of rotatable bonds is 1. The van der Waals surface area contributed by atoms with E-state index in [0.717, 1.165) is 5.56 Å². The summed E-state index contributed by atoms with van der Waals surface area (Å²) in [6, 6.07) is 7.30. The molecular formula is C9H7O3-. The summed E-state index contributed by atoms with van der Waals surface area (Å²) in [4.78, 5) is 10.4. The van der Waals surface area contributed by atoms with E-state index in [2.05, 4.69) is 0 Å². The second kappa shape index (κ2) is 2.52. The van der Waals surface area contributed by atoms with Gasteiger partial charge >= 0.3 is 0 Å². The lowest BCUT2D eigenvalue weighted by molar-refractivity contribution is -0.312. The minimum absolute atomic E-state index is 0.415. The van der Waals surface area contributed by atoms with Gasteiger partial charge in [0.1, 0.15) is 11.9 Å². The van der Waals surface area contributed by atoms with E-state index in [1.165, 1.54) is 0 Å². The van der Waals surface area contributed by atoms with Crippen LogP contribution in [0.15, 0.2) is 24.3 Å². The second-order valence-corrected chi connectivity index (χ2v) is 2.74. The Kier molecular flexibility index (Phi) is 1.50. The molecule has 1 aromatic carbocycles. The third-order valence-electron chi connectivity index (χ3n) is 1.91. The number of fused-ring (bicyclic) bond motifs is 1. The molecule has 0 amide bonds. The molecule has 2 rings (SSSR count). The molecule has 1 aliphatic rings. The first-order chi connectivity index (χ1) is 5.77. The largest absolute Gasteiger partial charge is 0.546 e. The van der Waals surface area contributed by atoms with Gasteiger partial charge in [-0.2, -0.15) is 0 Å². The number of benzene rings is 1. The summed E-state index contributed by atoms with van der Waals surface area (Å²) in [7, 11) is 0. The van der Waals surface area contributed by atoms with Gasteiger partial charge in [-0.25, -0.2) is 0 Å². The lowest BCUT2D eigenvalue weighted by Crippen LogP contribution is -2.38. The smallest absolute Gasteiger partial charge is 0.142 e. The highest BCUT2D eigenvalue weighted by Gasteiger charge is 2.22. The van der Waals surface area contributed by atoms with Crippen LogP contribution in [0.2, 0.25) is 0 Å². The predicted octanol–water partition coefficient (Wildman–Crippen LogP) is -0.260. The van der Waals surface area contributed by atoms with E-state index in [9.17, 15) is 9.90 Å². The van der Waals surface area contributed by atoms with Crippen LogP contribution in [0.5, 0.6) is 5.75 Å². The molecule has 1 aliphatic heterocycles. The van der Waals surface area contributed by atoms with E-state index in [-0.39, 0.29) is 0 Å². The Morgan fingerprint density at radius 2 is 2.25 bits per heavy atom. The number of carboxylic acid groups (broad SMARTS) is 1. The van der Waals surface area contributed by atoms with Gasteiger partial charge in [-0.05, 0) is 11.6 Å². The summed E-state index contributed by atoms with van der Waals surface area (Å²) in [5.74, 6) is -0.488. The summed E-state index contributed by atoms with van der Waals surface area (Å²) in [6.07, 6.45) is -0.388. The third kappa shape index (κ3) is 1.03. The zero-order chi connectivity index (χ0) is 8.55. The Labute approximate surface area is 69.6 Å². The fourth-order valence-electron chi connectivity index (χ4n) is 1.31. The molecule has 0 saturated carbocycles. The standard InChI is InChI=1S/C9H8O3/c10-9(11)8-5-6-3-1-2-4-7(6)12-8/h1-4,8H,5H2,(H,10,11)/p-1.